The molecule has 0 radical (unpaired) electrons. The lowest BCUT2D eigenvalue weighted by Crippen LogP contribution is -2.42. The Morgan fingerprint density at radius 1 is 1.21 bits per heavy atom. The van der Waals surface area contributed by atoms with Crippen LogP contribution in [0.2, 0.25) is 0 Å². The molecule has 6 heteroatoms. The topological polar surface area (TPSA) is 88.5 Å². The van der Waals surface area contributed by atoms with Crippen molar-refractivity contribution in [2.75, 3.05) is 7.11 Å². The number of amides is 1. The highest BCUT2D eigenvalue weighted by Gasteiger charge is 2.37. The fourth-order valence-corrected chi connectivity index (χ4v) is 2.54. The van der Waals surface area contributed by atoms with Crippen LogP contribution in [0.25, 0.3) is 11.1 Å². The quantitative estimate of drug-likeness (QED) is 0.850. The Morgan fingerprint density at radius 2 is 1.92 bits per heavy atom. The van der Waals surface area contributed by atoms with Crippen LogP contribution < -0.4 is 10.1 Å². The van der Waals surface area contributed by atoms with Crippen LogP contribution in [-0.2, 0) is 4.79 Å². The van der Waals surface area contributed by atoms with E-state index in [0.717, 1.165) is 29.7 Å². The first-order valence-electron chi connectivity index (χ1n) is 7.71. The van der Waals surface area contributed by atoms with Crippen LogP contribution in [0.4, 0.5) is 0 Å². The summed E-state index contributed by atoms with van der Waals surface area (Å²) >= 11 is 0. The smallest absolute Gasteiger partial charge is 0.326 e. The van der Waals surface area contributed by atoms with Crippen LogP contribution in [0.5, 0.6) is 5.75 Å². The van der Waals surface area contributed by atoms with Crippen molar-refractivity contribution in [1.82, 2.24) is 10.3 Å². The number of aliphatic carboxylic acids is 1. The third-order valence-electron chi connectivity index (χ3n) is 4.07. The summed E-state index contributed by atoms with van der Waals surface area (Å²) in [6.45, 7) is 0. The molecule has 0 saturated heterocycles. The number of pyridine rings is 1. The standard InChI is InChI=1S/C18H18N2O4/c1-24-15-6-4-11(5-7-15)13-8-14(10-19-9-13)17(21)20-16(18(22)23)12-2-3-12/h4-10,12,16H,2-3H2,1H3,(H,20,21)(H,22,23). The number of hydrogen-bond acceptors (Lipinski definition) is 4. The average Bonchev–Trinajstić information content (AvgIpc) is 3.44. The minimum absolute atomic E-state index is 0.0316. The van der Waals surface area contributed by atoms with Crippen LogP contribution in [0, 0.1) is 5.92 Å². The Kier molecular flexibility index (Phi) is 4.46. The lowest BCUT2D eigenvalue weighted by molar-refractivity contribution is -0.139. The summed E-state index contributed by atoms with van der Waals surface area (Å²) in [7, 11) is 1.60. The highest BCUT2D eigenvalue weighted by Crippen LogP contribution is 2.33. The van der Waals surface area contributed by atoms with Crippen LogP contribution >= 0.6 is 0 Å². The minimum atomic E-state index is -0.995. The maximum Gasteiger partial charge on any atom is 0.326 e. The number of aromatic nitrogens is 1. The van der Waals surface area contributed by atoms with Crippen molar-refractivity contribution in [1.29, 1.82) is 0 Å². The number of carbonyl (C=O) groups excluding carboxylic acids is 1. The second-order valence-corrected chi connectivity index (χ2v) is 5.82. The molecular weight excluding hydrogens is 308 g/mol. The summed E-state index contributed by atoms with van der Waals surface area (Å²) in [6, 6.07) is 8.28. The van der Waals surface area contributed by atoms with Crippen LogP contribution in [0.1, 0.15) is 23.2 Å². The van der Waals surface area contributed by atoms with Gasteiger partial charge in [-0.3, -0.25) is 9.78 Å². The summed E-state index contributed by atoms with van der Waals surface area (Å²) in [6.07, 6.45) is 4.77. The van der Waals surface area contributed by atoms with Gasteiger partial charge in [-0.15, -0.1) is 0 Å². The van der Waals surface area contributed by atoms with Gasteiger partial charge >= 0.3 is 5.97 Å². The number of carbonyl (C=O) groups is 2. The molecule has 0 bridgehead atoms. The summed E-state index contributed by atoms with van der Waals surface area (Å²) in [4.78, 5) is 27.7. The SMILES string of the molecule is COc1ccc(-c2cncc(C(=O)NC(C(=O)O)C3CC3)c2)cc1. The number of ether oxygens (including phenoxy) is 1. The molecule has 1 heterocycles. The van der Waals surface area contributed by atoms with E-state index in [1.165, 1.54) is 6.20 Å². The first-order valence-corrected chi connectivity index (χ1v) is 7.71. The summed E-state index contributed by atoms with van der Waals surface area (Å²) in [5, 5.41) is 11.8. The normalized spacial score (nSPS) is 14.7. The van der Waals surface area contributed by atoms with Crippen molar-refractivity contribution in [2.24, 2.45) is 5.92 Å². The van der Waals surface area contributed by atoms with Gasteiger partial charge in [0.2, 0.25) is 0 Å². The molecule has 1 unspecified atom stereocenters. The van der Waals surface area contributed by atoms with Crippen LogP contribution in [-0.4, -0.2) is 35.1 Å². The molecule has 24 heavy (non-hydrogen) atoms. The predicted molar refractivity (Wildman–Crippen MR) is 87.8 cm³/mol. The summed E-state index contributed by atoms with van der Waals surface area (Å²) in [5.41, 5.74) is 2.02. The molecule has 0 spiro atoms. The molecule has 6 nitrogen and oxygen atoms in total. The van der Waals surface area contributed by atoms with E-state index in [-0.39, 0.29) is 5.92 Å². The zero-order valence-corrected chi connectivity index (χ0v) is 13.2. The van der Waals surface area contributed by atoms with Gasteiger partial charge in [0.15, 0.2) is 0 Å². The van der Waals surface area contributed by atoms with Gasteiger partial charge in [-0.1, -0.05) is 12.1 Å². The lowest BCUT2D eigenvalue weighted by Gasteiger charge is -2.13. The Labute approximate surface area is 139 Å². The van der Waals surface area contributed by atoms with E-state index in [9.17, 15) is 14.7 Å². The molecule has 1 aliphatic carbocycles. The monoisotopic (exact) mass is 326 g/mol. The molecular formula is C18H18N2O4. The minimum Gasteiger partial charge on any atom is -0.497 e. The molecule has 1 aromatic heterocycles. The van der Waals surface area contributed by atoms with Crippen LogP contribution in [0.15, 0.2) is 42.7 Å². The van der Waals surface area contributed by atoms with Gasteiger partial charge in [0, 0.05) is 18.0 Å². The number of carboxylic acid groups (broad SMARTS) is 1. The van der Waals surface area contributed by atoms with E-state index >= 15 is 0 Å². The van der Waals surface area contributed by atoms with E-state index in [0.29, 0.717) is 5.56 Å². The molecule has 0 aliphatic heterocycles. The highest BCUT2D eigenvalue weighted by molar-refractivity contribution is 5.97. The van der Waals surface area contributed by atoms with Gasteiger partial charge in [0.1, 0.15) is 11.8 Å². The van der Waals surface area contributed by atoms with Crippen molar-refractivity contribution in [2.45, 2.75) is 18.9 Å². The van der Waals surface area contributed by atoms with E-state index in [4.69, 9.17) is 4.74 Å². The molecule has 124 valence electrons. The molecule has 1 fully saturated rings. The van der Waals surface area contributed by atoms with Gasteiger partial charge in [-0.2, -0.15) is 0 Å². The third-order valence-corrected chi connectivity index (χ3v) is 4.07. The zero-order chi connectivity index (χ0) is 17.1. The lowest BCUT2D eigenvalue weighted by atomic mass is 10.1. The highest BCUT2D eigenvalue weighted by atomic mass is 16.5. The van der Waals surface area contributed by atoms with Crippen molar-refractivity contribution >= 4 is 11.9 Å². The molecule has 1 aliphatic rings. The Morgan fingerprint density at radius 3 is 2.50 bits per heavy atom. The molecule has 1 amide bonds. The average molecular weight is 326 g/mol. The van der Waals surface area contributed by atoms with Crippen molar-refractivity contribution < 1.29 is 19.4 Å². The van der Waals surface area contributed by atoms with Crippen molar-refractivity contribution in [3.05, 3.63) is 48.3 Å². The Balaban J connectivity index is 1.78. The number of rotatable bonds is 6. The first-order chi connectivity index (χ1) is 11.6. The van der Waals surface area contributed by atoms with E-state index in [2.05, 4.69) is 10.3 Å². The van der Waals surface area contributed by atoms with Gasteiger partial charge in [0.05, 0.1) is 12.7 Å². The van der Waals surface area contributed by atoms with Crippen LogP contribution in [0.3, 0.4) is 0 Å². The maximum atomic E-state index is 12.3. The number of carboxylic acids is 1. The largest absolute Gasteiger partial charge is 0.497 e. The van der Waals surface area contributed by atoms with Crippen molar-refractivity contribution in [3.63, 3.8) is 0 Å². The molecule has 1 atom stereocenters. The fraction of sp³-hybridized carbons (Fsp3) is 0.278. The van der Waals surface area contributed by atoms with E-state index in [1.54, 1.807) is 19.4 Å². The zero-order valence-electron chi connectivity index (χ0n) is 13.2. The number of methoxy groups -OCH3 is 1. The summed E-state index contributed by atoms with van der Waals surface area (Å²) in [5.74, 6) is -0.638. The van der Waals surface area contributed by atoms with Crippen molar-refractivity contribution in [3.8, 4) is 16.9 Å². The number of nitrogens with zero attached hydrogens (tertiary/aromatic N) is 1. The molecule has 1 saturated carbocycles. The van der Waals surface area contributed by atoms with E-state index in [1.807, 2.05) is 24.3 Å². The van der Waals surface area contributed by atoms with Gasteiger partial charge < -0.3 is 15.2 Å². The first kappa shape index (κ1) is 16.0. The summed E-state index contributed by atoms with van der Waals surface area (Å²) < 4.78 is 5.13. The van der Waals surface area contributed by atoms with Gasteiger partial charge in [-0.05, 0) is 42.5 Å². The second-order valence-electron chi connectivity index (χ2n) is 5.82. The Bertz CT molecular complexity index is 754. The second kappa shape index (κ2) is 6.70. The predicted octanol–water partition coefficient (Wildman–Crippen LogP) is 2.35. The molecule has 1 aromatic carbocycles. The fourth-order valence-electron chi connectivity index (χ4n) is 2.54. The molecule has 2 aromatic rings. The molecule has 2 N–H and O–H groups in total. The number of benzene rings is 1. The molecule has 3 rings (SSSR count). The van der Waals surface area contributed by atoms with Gasteiger partial charge in [-0.25, -0.2) is 4.79 Å². The van der Waals surface area contributed by atoms with Gasteiger partial charge in [0.25, 0.3) is 5.91 Å². The van der Waals surface area contributed by atoms with E-state index < -0.39 is 17.9 Å². The third kappa shape index (κ3) is 3.53. The number of hydrogen-bond donors (Lipinski definition) is 2. The maximum absolute atomic E-state index is 12.3. The number of nitrogens with one attached hydrogen (secondary N) is 1. The Hall–Kier alpha value is -2.89.